The van der Waals surface area contributed by atoms with Gasteiger partial charge in [0.1, 0.15) is 11.6 Å². The van der Waals surface area contributed by atoms with Crippen LogP contribution in [0.2, 0.25) is 0 Å². The average molecular weight is 402 g/mol. The van der Waals surface area contributed by atoms with E-state index in [-0.39, 0.29) is 30.1 Å². The van der Waals surface area contributed by atoms with Crippen LogP contribution in [0.5, 0.6) is 5.75 Å². The lowest BCUT2D eigenvalue weighted by molar-refractivity contribution is 0.218. The monoisotopic (exact) mass is 402 g/mol. The van der Waals surface area contributed by atoms with Gasteiger partial charge in [0, 0.05) is 43.0 Å². The number of carbonyl (C=O) groups excluding carboxylic acids is 1. The van der Waals surface area contributed by atoms with Crippen molar-refractivity contribution in [2.45, 2.75) is 6.54 Å². The van der Waals surface area contributed by atoms with Gasteiger partial charge in [-0.05, 0) is 23.8 Å². The second-order valence-electron chi connectivity index (χ2n) is 6.60. The van der Waals surface area contributed by atoms with Crippen LogP contribution in [-0.2, 0) is 6.54 Å². The van der Waals surface area contributed by atoms with Gasteiger partial charge in [-0.3, -0.25) is 10.00 Å². The quantitative estimate of drug-likeness (QED) is 0.703. The van der Waals surface area contributed by atoms with Crippen molar-refractivity contribution in [2.24, 2.45) is 0 Å². The van der Waals surface area contributed by atoms with Crippen LogP contribution < -0.4 is 9.64 Å². The number of hydrogen-bond donors (Lipinski definition) is 1. The average Bonchev–Trinajstić information content (AvgIpc) is 3.36. The van der Waals surface area contributed by atoms with Crippen LogP contribution in [0, 0.1) is 17.5 Å². The summed E-state index contributed by atoms with van der Waals surface area (Å²) in [5.41, 5.74) is 1.01. The summed E-state index contributed by atoms with van der Waals surface area (Å²) < 4.78 is 47.7. The van der Waals surface area contributed by atoms with Gasteiger partial charge >= 0.3 is 6.03 Å². The molecule has 0 aliphatic carbocycles. The molecule has 3 aromatic rings. The molecule has 1 saturated heterocycles. The Balaban J connectivity index is 1.55. The summed E-state index contributed by atoms with van der Waals surface area (Å²) in [7, 11) is 1.36. The lowest BCUT2D eigenvalue weighted by Crippen LogP contribution is -2.32. The fraction of sp³-hybridized carbons (Fsp3) is 0.200. The smallest absolute Gasteiger partial charge is 0.325 e. The van der Waals surface area contributed by atoms with E-state index in [1.165, 1.54) is 41.4 Å². The Labute approximate surface area is 164 Å². The first-order valence-corrected chi connectivity index (χ1v) is 8.85. The van der Waals surface area contributed by atoms with E-state index in [4.69, 9.17) is 4.74 Å². The first kappa shape index (κ1) is 18.9. The molecule has 0 saturated carbocycles. The minimum Gasteiger partial charge on any atom is -0.494 e. The number of carbonyl (C=O) groups is 1. The highest BCUT2D eigenvalue weighted by molar-refractivity contribution is 5.94. The summed E-state index contributed by atoms with van der Waals surface area (Å²) in [6, 6.07) is 5.92. The maximum absolute atomic E-state index is 14.7. The Morgan fingerprint density at radius 1 is 1.10 bits per heavy atom. The molecule has 2 heterocycles. The van der Waals surface area contributed by atoms with Gasteiger partial charge in [0.25, 0.3) is 0 Å². The molecular weight excluding hydrogens is 385 g/mol. The number of rotatable bonds is 5. The number of benzene rings is 2. The topological polar surface area (TPSA) is 61.5 Å². The van der Waals surface area contributed by atoms with Crippen molar-refractivity contribution < 1.29 is 22.7 Å². The Morgan fingerprint density at radius 3 is 2.66 bits per heavy atom. The zero-order chi connectivity index (χ0) is 20.5. The van der Waals surface area contributed by atoms with Crippen LogP contribution in [0.25, 0.3) is 11.1 Å². The van der Waals surface area contributed by atoms with Crippen molar-refractivity contribution in [3.63, 3.8) is 0 Å². The van der Waals surface area contributed by atoms with E-state index >= 15 is 0 Å². The Morgan fingerprint density at radius 2 is 1.93 bits per heavy atom. The SMILES string of the molecule is COc1cc(CN2CCN(c3cc(F)c(-c4cn[nH]c4)cc3F)C2=O)ccc1F. The van der Waals surface area contributed by atoms with E-state index in [0.717, 1.165) is 12.1 Å². The first-order chi connectivity index (χ1) is 14.0. The van der Waals surface area contributed by atoms with Gasteiger partial charge in [-0.15, -0.1) is 0 Å². The van der Waals surface area contributed by atoms with Crippen LogP contribution in [0.15, 0.2) is 42.7 Å². The molecule has 150 valence electrons. The van der Waals surface area contributed by atoms with Gasteiger partial charge in [0.05, 0.1) is 19.0 Å². The molecule has 0 spiro atoms. The van der Waals surface area contributed by atoms with Crippen molar-refractivity contribution in [1.29, 1.82) is 0 Å². The molecule has 0 atom stereocenters. The van der Waals surface area contributed by atoms with E-state index in [0.29, 0.717) is 17.7 Å². The van der Waals surface area contributed by atoms with Crippen LogP contribution in [-0.4, -0.2) is 41.3 Å². The normalized spacial score (nSPS) is 14.0. The number of ether oxygens (including phenoxy) is 1. The van der Waals surface area contributed by atoms with Crippen LogP contribution in [0.3, 0.4) is 0 Å². The van der Waals surface area contributed by atoms with E-state index < -0.39 is 23.5 Å². The van der Waals surface area contributed by atoms with Gasteiger partial charge in [-0.25, -0.2) is 18.0 Å². The van der Waals surface area contributed by atoms with Gasteiger partial charge in [0.2, 0.25) is 0 Å². The van der Waals surface area contributed by atoms with Gasteiger partial charge in [0.15, 0.2) is 11.6 Å². The largest absolute Gasteiger partial charge is 0.494 e. The number of aromatic amines is 1. The Bertz CT molecular complexity index is 1060. The summed E-state index contributed by atoms with van der Waals surface area (Å²) in [4.78, 5) is 15.4. The summed E-state index contributed by atoms with van der Waals surface area (Å²) in [6.07, 6.45) is 2.84. The number of anilines is 1. The Hall–Kier alpha value is -3.49. The molecule has 29 heavy (non-hydrogen) atoms. The summed E-state index contributed by atoms with van der Waals surface area (Å²) >= 11 is 0. The molecule has 1 aliphatic rings. The number of halogens is 3. The predicted molar refractivity (Wildman–Crippen MR) is 100 cm³/mol. The predicted octanol–water partition coefficient (Wildman–Crippen LogP) is 3.94. The van der Waals surface area contributed by atoms with E-state index in [2.05, 4.69) is 10.2 Å². The highest BCUT2D eigenvalue weighted by Crippen LogP contribution is 2.31. The number of H-pyrrole nitrogens is 1. The zero-order valence-electron chi connectivity index (χ0n) is 15.5. The third kappa shape index (κ3) is 3.51. The van der Waals surface area contributed by atoms with Crippen molar-refractivity contribution >= 4 is 11.7 Å². The fourth-order valence-electron chi connectivity index (χ4n) is 3.34. The molecule has 2 aromatic carbocycles. The number of amides is 2. The van der Waals surface area contributed by atoms with E-state index in [1.54, 1.807) is 6.07 Å². The first-order valence-electron chi connectivity index (χ1n) is 8.85. The zero-order valence-corrected chi connectivity index (χ0v) is 15.5. The molecule has 0 bridgehead atoms. The number of aromatic nitrogens is 2. The molecular formula is C20H17F3N4O2. The lowest BCUT2D eigenvalue weighted by atomic mass is 10.1. The van der Waals surface area contributed by atoms with Crippen LogP contribution >= 0.6 is 0 Å². The number of nitrogens with one attached hydrogen (secondary N) is 1. The molecule has 1 N–H and O–H groups in total. The van der Waals surface area contributed by atoms with Crippen LogP contribution in [0.1, 0.15) is 5.56 Å². The van der Waals surface area contributed by atoms with Crippen molar-refractivity contribution in [3.05, 3.63) is 65.7 Å². The molecule has 9 heteroatoms. The lowest BCUT2D eigenvalue weighted by Gasteiger charge is -2.20. The highest BCUT2D eigenvalue weighted by Gasteiger charge is 2.32. The van der Waals surface area contributed by atoms with E-state index in [9.17, 15) is 18.0 Å². The van der Waals surface area contributed by atoms with Crippen LogP contribution in [0.4, 0.5) is 23.7 Å². The summed E-state index contributed by atoms with van der Waals surface area (Å²) in [5.74, 6) is -1.78. The number of methoxy groups -OCH3 is 1. The number of hydrogen-bond acceptors (Lipinski definition) is 3. The molecule has 4 rings (SSSR count). The molecule has 1 fully saturated rings. The minimum atomic E-state index is -0.707. The number of nitrogens with zero attached hydrogens (tertiary/aromatic N) is 3. The third-order valence-electron chi connectivity index (χ3n) is 4.82. The highest BCUT2D eigenvalue weighted by atomic mass is 19.1. The molecule has 2 amide bonds. The van der Waals surface area contributed by atoms with Gasteiger partial charge in [-0.1, -0.05) is 6.07 Å². The van der Waals surface area contributed by atoms with E-state index in [1.807, 2.05) is 0 Å². The minimum absolute atomic E-state index is 0.0573. The molecule has 0 radical (unpaired) electrons. The van der Waals surface area contributed by atoms with Crippen molar-refractivity contribution in [1.82, 2.24) is 15.1 Å². The third-order valence-corrected chi connectivity index (χ3v) is 4.82. The standard InChI is InChI=1S/C20H17F3N4O2/c1-29-19-6-12(2-3-15(19)21)11-26-4-5-27(20(26)28)18-8-16(22)14(7-17(18)23)13-9-24-25-10-13/h2-3,6-10H,4-5,11H2,1H3,(H,24,25). The molecule has 1 aliphatic heterocycles. The fourth-order valence-corrected chi connectivity index (χ4v) is 3.34. The summed E-state index contributed by atoms with van der Waals surface area (Å²) in [6.45, 7) is 0.727. The van der Waals surface area contributed by atoms with Gasteiger partial charge in [-0.2, -0.15) is 5.10 Å². The molecule has 0 unspecified atom stereocenters. The van der Waals surface area contributed by atoms with Gasteiger partial charge < -0.3 is 9.64 Å². The molecule has 1 aromatic heterocycles. The maximum Gasteiger partial charge on any atom is 0.325 e. The van der Waals surface area contributed by atoms with Crippen molar-refractivity contribution in [2.75, 3.05) is 25.1 Å². The van der Waals surface area contributed by atoms with Crippen molar-refractivity contribution in [3.8, 4) is 16.9 Å². The number of urea groups is 1. The second-order valence-corrected chi connectivity index (χ2v) is 6.60. The second kappa shape index (κ2) is 7.50. The summed E-state index contributed by atoms with van der Waals surface area (Å²) in [5, 5.41) is 6.28. The molecule has 6 nitrogen and oxygen atoms in total. The maximum atomic E-state index is 14.7. The Kier molecular flexibility index (Phi) is 4.87.